The lowest BCUT2D eigenvalue weighted by molar-refractivity contribution is 0.413. The van der Waals surface area contributed by atoms with Crippen molar-refractivity contribution in [3.8, 4) is 17.6 Å². The smallest absolute Gasteiger partial charge is 0.134 e. The molecule has 1 rings (SSSR count). The van der Waals surface area contributed by atoms with Crippen LogP contribution >= 0.6 is 11.6 Å². The van der Waals surface area contributed by atoms with E-state index >= 15 is 0 Å². The molecule has 0 unspecified atom stereocenters. The van der Waals surface area contributed by atoms with Gasteiger partial charge < -0.3 is 4.74 Å². The van der Waals surface area contributed by atoms with Crippen molar-refractivity contribution in [3.63, 3.8) is 0 Å². The quantitative estimate of drug-likeness (QED) is 0.509. The molecule has 0 bridgehead atoms. The monoisotopic (exact) mass is 208 g/mol. The highest BCUT2D eigenvalue weighted by molar-refractivity contribution is 6.25. The number of alkyl halides is 1. The zero-order valence-corrected chi connectivity index (χ0v) is 9.35. The largest absolute Gasteiger partial charge is 0.495 e. The number of hydrogen-bond donors (Lipinski definition) is 0. The highest BCUT2D eigenvalue weighted by atomic mass is 35.5. The molecule has 0 aliphatic rings. The van der Waals surface area contributed by atoms with E-state index in [9.17, 15) is 0 Å². The molecule has 74 valence electrons. The molecular formula is C12H13ClO. The van der Waals surface area contributed by atoms with Crippen LogP contribution in [0.2, 0.25) is 0 Å². The van der Waals surface area contributed by atoms with Crippen molar-refractivity contribution in [2.24, 2.45) is 0 Å². The summed E-state index contributed by atoms with van der Waals surface area (Å²) < 4.78 is 5.16. The van der Waals surface area contributed by atoms with Gasteiger partial charge in [0.15, 0.2) is 0 Å². The molecule has 0 saturated heterocycles. The highest BCUT2D eigenvalue weighted by Crippen LogP contribution is 2.17. The van der Waals surface area contributed by atoms with E-state index in [1.165, 1.54) is 0 Å². The van der Waals surface area contributed by atoms with Crippen LogP contribution in [0, 0.1) is 11.8 Å². The van der Waals surface area contributed by atoms with E-state index in [1.54, 1.807) is 7.11 Å². The van der Waals surface area contributed by atoms with E-state index in [1.807, 2.05) is 38.1 Å². The third kappa shape index (κ3) is 3.32. The van der Waals surface area contributed by atoms with Crippen molar-refractivity contribution in [2.75, 3.05) is 7.11 Å². The lowest BCUT2D eigenvalue weighted by Crippen LogP contribution is -2.04. The average Bonchev–Trinajstić information content (AvgIpc) is 2.14. The van der Waals surface area contributed by atoms with Crippen LogP contribution in [0.1, 0.15) is 19.4 Å². The van der Waals surface area contributed by atoms with E-state index in [-0.39, 0.29) is 0 Å². The first-order valence-corrected chi connectivity index (χ1v) is 4.76. The molecule has 0 aliphatic carbocycles. The zero-order valence-electron chi connectivity index (χ0n) is 8.60. The lowest BCUT2D eigenvalue weighted by atomic mass is 10.1. The van der Waals surface area contributed by atoms with Gasteiger partial charge in [0.25, 0.3) is 0 Å². The molecule has 0 spiro atoms. The molecule has 0 fully saturated rings. The maximum absolute atomic E-state index is 5.96. The summed E-state index contributed by atoms with van der Waals surface area (Å²) in [5, 5.41) is 0. The molecule has 1 nitrogen and oxygen atoms in total. The minimum atomic E-state index is -0.499. The van der Waals surface area contributed by atoms with Crippen molar-refractivity contribution < 1.29 is 4.74 Å². The van der Waals surface area contributed by atoms with Crippen LogP contribution in [0.25, 0.3) is 0 Å². The van der Waals surface area contributed by atoms with Crippen LogP contribution < -0.4 is 4.74 Å². The van der Waals surface area contributed by atoms with E-state index in [0.29, 0.717) is 0 Å². The van der Waals surface area contributed by atoms with Gasteiger partial charge in [-0.3, -0.25) is 0 Å². The summed E-state index contributed by atoms with van der Waals surface area (Å²) in [5.74, 6) is 6.72. The van der Waals surface area contributed by atoms with Crippen LogP contribution in [-0.4, -0.2) is 12.0 Å². The maximum atomic E-state index is 5.96. The molecular weight excluding hydrogens is 196 g/mol. The molecule has 0 aromatic heterocycles. The Labute approximate surface area is 90.0 Å². The molecule has 0 saturated carbocycles. The minimum absolute atomic E-state index is 0.499. The Bertz CT molecular complexity index is 366. The SMILES string of the molecule is COc1ccccc1C#CC(C)(C)Cl. The zero-order chi connectivity index (χ0) is 10.6. The molecule has 0 atom stereocenters. The minimum Gasteiger partial charge on any atom is -0.495 e. The molecule has 14 heavy (non-hydrogen) atoms. The van der Waals surface area contributed by atoms with Crippen molar-refractivity contribution in [1.29, 1.82) is 0 Å². The predicted octanol–water partition coefficient (Wildman–Crippen LogP) is 3.06. The first-order valence-electron chi connectivity index (χ1n) is 4.38. The summed E-state index contributed by atoms with van der Waals surface area (Å²) in [7, 11) is 1.63. The fraction of sp³-hybridized carbons (Fsp3) is 0.333. The molecule has 1 aromatic rings. The van der Waals surface area contributed by atoms with Gasteiger partial charge >= 0.3 is 0 Å². The first-order chi connectivity index (χ1) is 6.53. The van der Waals surface area contributed by atoms with E-state index in [0.717, 1.165) is 11.3 Å². The molecule has 2 heteroatoms. The number of rotatable bonds is 1. The van der Waals surface area contributed by atoms with E-state index in [4.69, 9.17) is 16.3 Å². The van der Waals surface area contributed by atoms with Crippen LogP contribution in [0.5, 0.6) is 5.75 Å². The molecule has 1 aromatic carbocycles. The number of ether oxygens (including phenoxy) is 1. The lowest BCUT2D eigenvalue weighted by Gasteiger charge is -2.05. The molecule has 0 heterocycles. The Balaban J connectivity index is 3.00. The second kappa shape index (κ2) is 4.39. The number of methoxy groups -OCH3 is 1. The normalized spacial score (nSPS) is 10.3. The Morgan fingerprint density at radius 1 is 1.29 bits per heavy atom. The van der Waals surface area contributed by atoms with E-state index in [2.05, 4.69) is 11.8 Å². The third-order valence-electron chi connectivity index (χ3n) is 1.60. The van der Waals surface area contributed by atoms with Crippen molar-refractivity contribution in [1.82, 2.24) is 0 Å². The van der Waals surface area contributed by atoms with Gasteiger partial charge in [0, 0.05) is 0 Å². The number of benzene rings is 1. The second-order valence-electron chi connectivity index (χ2n) is 3.42. The standard InChI is InChI=1S/C12H13ClO/c1-12(2,13)9-8-10-6-4-5-7-11(10)14-3/h4-7H,1-3H3. The second-order valence-corrected chi connectivity index (χ2v) is 4.37. The third-order valence-corrected chi connectivity index (χ3v) is 1.70. The summed E-state index contributed by atoms with van der Waals surface area (Å²) in [6, 6.07) is 7.63. The highest BCUT2D eigenvalue weighted by Gasteiger charge is 2.07. The van der Waals surface area contributed by atoms with Gasteiger partial charge in [-0.2, -0.15) is 0 Å². The van der Waals surface area contributed by atoms with Gasteiger partial charge in [0.05, 0.1) is 17.5 Å². The van der Waals surface area contributed by atoms with Crippen LogP contribution in [0.15, 0.2) is 24.3 Å². The molecule has 0 aliphatic heterocycles. The Morgan fingerprint density at radius 2 is 1.93 bits per heavy atom. The van der Waals surface area contributed by atoms with Gasteiger partial charge in [-0.15, -0.1) is 11.6 Å². The van der Waals surface area contributed by atoms with Crippen LogP contribution in [0.4, 0.5) is 0 Å². The Morgan fingerprint density at radius 3 is 2.50 bits per heavy atom. The molecule has 0 amide bonds. The van der Waals surface area contributed by atoms with Gasteiger partial charge in [0.1, 0.15) is 5.75 Å². The summed E-state index contributed by atoms with van der Waals surface area (Å²) in [6.45, 7) is 3.72. The van der Waals surface area contributed by atoms with Crippen molar-refractivity contribution >= 4 is 11.6 Å². The summed E-state index contributed by atoms with van der Waals surface area (Å²) in [6.07, 6.45) is 0. The molecule has 0 radical (unpaired) electrons. The number of para-hydroxylation sites is 1. The predicted molar refractivity (Wildman–Crippen MR) is 59.8 cm³/mol. The summed E-state index contributed by atoms with van der Waals surface area (Å²) in [4.78, 5) is -0.499. The fourth-order valence-electron chi connectivity index (χ4n) is 0.964. The topological polar surface area (TPSA) is 9.23 Å². The van der Waals surface area contributed by atoms with Crippen LogP contribution in [0.3, 0.4) is 0 Å². The van der Waals surface area contributed by atoms with Crippen molar-refractivity contribution in [2.45, 2.75) is 18.7 Å². The van der Waals surface area contributed by atoms with Gasteiger partial charge in [-0.05, 0) is 26.0 Å². The Kier molecular flexibility index (Phi) is 3.43. The number of hydrogen-bond acceptors (Lipinski definition) is 1. The fourth-order valence-corrected chi connectivity index (χ4v) is 1.01. The van der Waals surface area contributed by atoms with Crippen molar-refractivity contribution in [3.05, 3.63) is 29.8 Å². The van der Waals surface area contributed by atoms with Crippen LogP contribution in [-0.2, 0) is 0 Å². The first kappa shape index (κ1) is 10.9. The average molecular weight is 209 g/mol. The maximum Gasteiger partial charge on any atom is 0.134 e. The van der Waals surface area contributed by atoms with Gasteiger partial charge in [-0.25, -0.2) is 0 Å². The Hall–Kier alpha value is -1.13. The van der Waals surface area contributed by atoms with Gasteiger partial charge in [-0.1, -0.05) is 24.0 Å². The van der Waals surface area contributed by atoms with E-state index < -0.39 is 4.87 Å². The van der Waals surface area contributed by atoms with Gasteiger partial charge in [0.2, 0.25) is 0 Å². The number of halogens is 1. The molecule has 0 N–H and O–H groups in total. The summed E-state index contributed by atoms with van der Waals surface area (Å²) in [5.41, 5.74) is 0.865. The summed E-state index contributed by atoms with van der Waals surface area (Å²) >= 11 is 5.96.